The molecule has 11 aromatic rings. The van der Waals surface area contributed by atoms with Crippen LogP contribution in [-0.4, -0.2) is 34.5 Å². The van der Waals surface area contributed by atoms with E-state index >= 15 is 0 Å². The number of rotatable bonds is 8. The summed E-state index contributed by atoms with van der Waals surface area (Å²) in [7, 11) is 0. The number of para-hydroxylation sites is 1. The summed E-state index contributed by atoms with van der Waals surface area (Å²) in [4.78, 5) is 34.3. The monoisotopic (exact) mass is 831 g/mol. The smallest absolute Gasteiger partial charge is 0.189 e. The van der Waals surface area contributed by atoms with Gasteiger partial charge in [0.05, 0.1) is 29.4 Å². The summed E-state index contributed by atoms with van der Waals surface area (Å²) in [5, 5.41) is 11.8. The standard InChI is InChI=1S/C56H33N9/c1-58-44-31-36(35-57)30-43(32-44)41-26-28-49-46(33-41)45-24-14-15-25-48(45)65(49)50-29-27-42(55-61-51(37-16-6-2-7-17-37)59-52(62-55)38-18-8-3-9-19-38)34-47(50)56-63-53(39-20-10-4-11-21-39)60-54(64-56)40-22-12-5-13-23-40/h2-34H. The topological polar surface area (TPSA) is 110 Å². The summed E-state index contributed by atoms with van der Waals surface area (Å²) in [6.45, 7) is 7.68. The van der Waals surface area contributed by atoms with E-state index < -0.39 is 0 Å². The van der Waals surface area contributed by atoms with Gasteiger partial charge in [-0.15, -0.1) is 0 Å². The maximum Gasteiger partial charge on any atom is 0.189 e. The van der Waals surface area contributed by atoms with Crippen LogP contribution in [0.4, 0.5) is 5.69 Å². The molecule has 3 aromatic heterocycles. The zero-order chi connectivity index (χ0) is 43.7. The molecule has 0 N–H and O–H groups in total. The fraction of sp³-hybridized carbons (Fsp3) is 0. The van der Waals surface area contributed by atoms with E-state index in [2.05, 4.69) is 51.9 Å². The lowest BCUT2D eigenvalue weighted by atomic mass is 10.00. The Morgan fingerprint density at radius 2 is 0.846 bits per heavy atom. The van der Waals surface area contributed by atoms with Crippen molar-refractivity contribution in [1.82, 2.24) is 34.5 Å². The van der Waals surface area contributed by atoms with E-state index in [9.17, 15) is 5.26 Å². The van der Waals surface area contributed by atoms with Crippen LogP contribution < -0.4 is 0 Å². The minimum atomic E-state index is 0.415. The fourth-order valence-corrected chi connectivity index (χ4v) is 8.23. The van der Waals surface area contributed by atoms with Crippen molar-refractivity contribution in [2.24, 2.45) is 0 Å². The Bertz CT molecular complexity index is 3520. The Kier molecular flexibility index (Phi) is 9.73. The van der Waals surface area contributed by atoms with Crippen LogP contribution in [0.1, 0.15) is 5.56 Å². The van der Waals surface area contributed by atoms with Gasteiger partial charge >= 0.3 is 0 Å². The van der Waals surface area contributed by atoms with Gasteiger partial charge in [-0.3, -0.25) is 0 Å². The van der Waals surface area contributed by atoms with Gasteiger partial charge in [-0.05, 0) is 65.7 Å². The third kappa shape index (κ3) is 7.31. The van der Waals surface area contributed by atoms with Crippen molar-refractivity contribution in [2.75, 3.05) is 0 Å². The minimum Gasteiger partial charge on any atom is -0.309 e. The second kappa shape index (κ2) is 16.4. The molecule has 0 spiro atoms. The summed E-state index contributed by atoms with van der Waals surface area (Å²) >= 11 is 0. The van der Waals surface area contributed by atoms with E-state index in [1.54, 1.807) is 6.07 Å². The normalized spacial score (nSPS) is 11.0. The number of nitriles is 1. The Hall–Kier alpha value is -9.44. The summed E-state index contributed by atoms with van der Waals surface area (Å²) in [5.41, 5.74) is 10.2. The van der Waals surface area contributed by atoms with Gasteiger partial charge in [-0.2, -0.15) is 5.26 Å². The van der Waals surface area contributed by atoms with Crippen molar-refractivity contribution in [3.63, 3.8) is 0 Å². The molecule has 0 aliphatic carbocycles. The lowest BCUT2D eigenvalue weighted by Crippen LogP contribution is -2.05. The van der Waals surface area contributed by atoms with Gasteiger partial charge in [-0.1, -0.05) is 146 Å². The quantitative estimate of drug-likeness (QED) is 0.140. The van der Waals surface area contributed by atoms with Gasteiger partial charge in [0.15, 0.2) is 40.6 Å². The van der Waals surface area contributed by atoms with Crippen LogP contribution in [0.2, 0.25) is 0 Å². The Morgan fingerprint density at radius 1 is 0.385 bits per heavy atom. The molecule has 0 amide bonds. The summed E-state index contributed by atoms with van der Waals surface area (Å²) in [6.07, 6.45) is 0. The first-order valence-corrected chi connectivity index (χ1v) is 21.0. The van der Waals surface area contributed by atoms with Gasteiger partial charge in [0.2, 0.25) is 0 Å². The second-order valence-electron chi connectivity index (χ2n) is 15.4. The number of nitrogens with zero attached hydrogens (tertiary/aromatic N) is 9. The van der Waals surface area contributed by atoms with Crippen molar-refractivity contribution < 1.29 is 0 Å². The van der Waals surface area contributed by atoms with Gasteiger partial charge < -0.3 is 4.57 Å². The third-order valence-corrected chi connectivity index (χ3v) is 11.3. The van der Waals surface area contributed by atoms with E-state index in [0.717, 1.165) is 72.0 Å². The van der Waals surface area contributed by atoms with Crippen LogP contribution in [-0.2, 0) is 0 Å². The largest absolute Gasteiger partial charge is 0.309 e. The van der Waals surface area contributed by atoms with E-state index in [1.165, 1.54) is 0 Å². The minimum absolute atomic E-state index is 0.415. The molecular weight excluding hydrogens is 799 g/mol. The predicted octanol–water partition coefficient (Wildman–Crippen LogP) is 13.2. The SMILES string of the molecule is [C-]#[N+]c1cc(C#N)cc(-c2ccc3c(c2)c2ccccc2n3-c2ccc(-c3nc(-c4ccccc4)nc(-c4ccccc4)n3)cc2-c2nc(-c3ccccc3)nc(-c3ccccc3)n2)c1. The molecule has 0 saturated heterocycles. The van der Waals surface area contributed by atoms with Gasteiger partial charge in [-0.25, -0.2) is 34.7 Å². The molecule has 0 bridgehead atoms. The molecule has 0 atom stereocenters. The number of aromatic nitrogens is 7. The zero-order valence-electron chi connectivity index (χ0n) is 34.6. The molecule has 0 unspecified atom stereocenters. The maximum absolute atomic E-state index is 9.80. The average molecular weight is 832 g/mol. The van der Waals surface area contributed by atoms with Crippen LogP contribution in [0.15, 0.2) is 200 Å². The Labute approximate surface area is 374 Å². The highest BCUT2D eigenvalue weighted by atomic mass is 15.1. The zero-order valence-corrected chi connectivity index (χ0v) is 34.6. The number of benzene rings is 8. The first-order chi connectivity index (χ1) is 32.1. The van der Waals surface area contributed by atoms with Crippen LogP contribution in [0, 0.1) is 17.9 Å². The second-order valence-corrected chi connectivity index (χ2v) is 15.4. The predicted molar refractivity (Wildman–Crippen MR) is 257 cm³/mol. The lowest BCUT2D eigenvalue weighted by Gasteiger charge is -2.16. The van der Waals surface area contributed by atoms with Crippen molar-refractivity contribution in [1.29, 1.82) is 5.26 Å². The number of fused-ring (bicyclic) bond motifs is 3. The maximum atomic E-state index is 9.80. The first kappa shape index (κ1) is 38.5. The van der Waals surface area contributed by atoms with Gasteiger partial charge in [0.1, 0.15) is 0 Å². The number of hydrogen-bond donors (Lipinski definition) is 0. The van der Waals surface area contributed by atoms with E-state index in [1.807, 2.05) is 158 Å². The van der Waals surface area contributed by atoms with E-state index in [4.69, 9.17) is 36.5 Å². The molecule has 302 valence electrons. The van der Waals surface area contributed by atoms with Crippen molar-refractivity contribution in [3.8, 4) is 91.2 Å². The van der Waals surface area contributed by atoms with Crippen LogP contribution in [0.3, 0.4) is 0 Å². The molecule has 0 aliphatic heterocycles. The average Bonchev–Trinajstić information content (AvgIpc) is 3.72. The molecule has 9 heteroatoms. The molecule has 8 aromatic carbocycles. The van der Waals surface area contributed by atoms with Gasteiger partial charge in [0, 0.05) is 49.7 Å². The van der Waals surface area contributed by atoms with E-state index in [0.29, 0.717) is 46.2 Å². The van der Waals surface area contributed by atoms with Crippen LogP contribution in [0.5, 0.6) is 0 Å². The number of hydrogen-bond acceptors (Lipinski definition) is 7. The molecule has 65 heavy (non-hydrogen) atoms. The molecule has 11 rings (SSSR count). The van der Waals surface area contributed by atoms with Crippen molar-refractivity contribution in [3.05, 3.63) is 217 Å². The first-order valence-electron chi connectivity index (χ1n) is 21.0. The summed E-state index contributed by atoms with van der Waals surface area (Å²) in [6, 6.07) is 68.0. The Balaban J connectivity index is 1.19. The summed E-state index contributed by atoms with van der Waals surface area (Å²) < 4.78 is 2.25. The van der Waals surface area contributed by atoms with Crippen molar-refractivity contribution in [2.45, 2.75) is 0 Å². The molecule has 0 saturated carbocycles. The summed E-state index contributed by atoms with van der Waals surface area (Å²) in [5.74, 6) is 3.15. The molecule has 9 nitrogen and oxygen atoms in total. The van der Waals surface area contributed by atoms with Crippen LogP contribution in [0.25, 0.3) is 112 Å². The molecular formula is C56H33N9. The van der Waals surface area contributed by atoms with Gasteiger partial charge in [0.25, 0.3) is 0 Å². The lowest BCUT2D eigenvalue weighted by molar-refractivity contribution is 1.06. The highest BCUT2D eigenvalue weighted by Gasteiger charge is 2.22. The fourth-order valence-electron chi connectivity index (χ4n) is 8.23. The molecule has 0 radical (unpaired) electrons. The van der Waals surface area contributed by atoms with E-state index in [-0.39, 0.29) is 0 Å². The third-order valence-electron chi connectivity index (χ3n) is 11.3. The van der Waals surface area contributed by atoms with Crippen molar-refractivity contribution >= 4 is 27.5 Å². The highest BCUT2D eigenvalue weighted by Crippen LogP contribution is 2.40. The molecule has 0 fully saturated rings. The molecule has 3 heterocycles. The Morgan fingerprint density at radius 3 is 1.37 bits per heavy atom. The highest BCUT2D eigenvalue weighted by molar-refractivity contribution is 6.11. The van der Waals surface area contributed by atoms with Crippen LogP contribution >= 0.6 is 0 Å². The molecule has 0 aliphatic rings.